The smallest absolute Gasteiger partial charge is 0.220 e. The molecule has 120 valence electrons. The Labute approximate surface area is 124 Å². The molecule has 4 heteroatoms. The fourth-order valence-corrected chi connectivity index (χ4v) is 2.24. The Bertz CT molecular complexity index is 234. The van der Waals surface area contributed by atoms with Crippen LogP contribution in [0.15, 0.2) is 0 Å². The van der Waals surface area contributed by atoms with E-state index in [1.165, 1.54) is 19.3 Å². The van der Waals surface area contributed by atoms with E-state index in [9.17, 15) is 15.0 Å². The van der Waals surface area contributed by atoms with Gasteiger partial charge in [0.1, 0.15) is 0 Å². The summed E-state index contributed by atoms with van der Waals surface area (Å²) in [5.74, 6) is -0.0671. The van der Waals surface area contributed by atoms with Crippen LogP contribution in [-0.4, -0.2) is 34.9 Å². The van der Waals surface area contributed by atoms with E-state index in [-0.39, 0.29) is 12.5 Å². The van der Waals surface area contributed by atoms with Gasteiger partial charge < -0.3 is 15.5 Å². The lowest BCUT2D eigenvalue weighted by Gasteiger charge is -2.22. The first-order valence-corrected chi connectivity index (χ1v) is 8.23. The van der Waals surface area contributed by atoms with Crippen molar-refractivity contribution in [1.29, 1.82) is 0 Å². The number of amides is 1. The minimum Gasteiger partial charge on any atom is -0.394 e. The normalized spacial score (nSPS) is 14.0. The Balaban J connectivity index is 3.83. The molecule has 0 aromatic heterocycles. The van der Waals surface area contributed by atoms with E-state index < -0.39 is 12.1 Å². The number of aliphatic hydroxyl groups is 2. The van der Waals surface area contributed by atoms with Crippen molar-refractivity contribution in [2.45, 2.75) is 90.2 Å². The van der Waals surface area contributed by atoms with Crippen LogP contribution in [-0.2, 0) is 4.79 Å². The van der Waals surface area contributed by atoms with Crippen LogP contribution >= 0.6 is 0 Å². The number of hydrogen-bond donors (Lipinski definition) is 3. The van der Waals surface area contributed by atoms with Crippen molar-refractivity contribution in [3.05, 3.63) is 0 Å². The van der Waals surface area contributed by atoms with Gasteiger partial charge in [-0.3, -0.25) is 4.79 Å². The van der Waals surface area contributed by atoms with Crippen LogP contribution in [0.5, 0.6) is 0 Å². The van der Waals surface area contributed by atoms with E-state index in [1.807, 2.05) is 0 Å². The zero-order chi connectivity index (χ0) is 15.2. The standard InChI is InChI=1S/C16H33NO3/c1-3-5-7-8-10-11-15(19)14(13-18)17-16(20)12-9-6-4-2/h14-15,18-19H,3-13H2,1-2H3,(H,17,20). The molecule has 0 aliphatic carbocycles. The third-order valence-electron chi connectivity index (χ3n) is 3.62. The lowest BCUT2D eigenvalue weighted by atomic mass is 10.0. The maximum Gasteiger partial charge on any atom is 0.220 e. The van der Waals surface area contributed by atoms with Crippen LogP contribution in [0.2, 0.25) is 0 Å². The summed E-state index contributed by atoms with van der Waals surface area (Å²) in [5.41, 5.74) is 0. The SMILES string of the molecule is CCCCCCCC(O)C(CO)NC(=O)CCCCC. The fraction of sp³-hybridized carbons (Fsp3) is 0.938. The highest BCUT2D eigenvalue weighted by Gasteiger charge is 2.19. The zero-order valence-electron chi connectivity index (χ0n) is 13.2. The van der Waals surface area contributed by atoms with Gasteiger partial charge in [-0.1, -0.05) is 58.8 Å². The molecule has 0 saturated carbocycles. The van der Waals surface area contributed by atoms with Gasteiger partial charge in [0.25, 0.3) is 0 Å². The zero-order valence-corrected chi connectivity index (χ0v) is 13.2. The molecule has 0 aromatic carbocycles. The highest BCUT2D eigenvalue weighted by atomic mass is 16.3. The molecule has 0 heterocycles. The first kappa shape index (κ1) is 19.4. The molecule has 0 aliphatic rings. The predicted octanol–water partition coefficient (Wildman–Crippen LogP) is 2.77. The summed E-state index contributed by atoms with van der Waals surface area (Å²) in [6, 6.07) is -0.518. The van der Waals surface area contributed by atoms with Gasteiger partial charge >= 0.3 is 0 Å². The minimum atomic E-state index is -0.642. The van der Waals surface area contributed by atoms with E-state index in [0.29, 0.717) is 12.8 Å². The third kappa shape index (κ3) is 10.2. The Hall–Kier alpha value is -0.610. The summed E-state index contributed by atoms with van der Waals surface area (Å²) in [7, 11) is 0. The summed E-state index contributed by atoms with van der Waals surface area (Å²) in [6.07, 6.45) is 9.15. The molecule has 0 fully saturated rings. The molecule has 0 aromatic rings. The molecule has 0 aliphatic heterocycles. The predicted molar refractivity (Wildman–Crippen MR) is 82.5 cm³/mol. The molecule has 4 nitrogen and oxygen atoms in total. The summed E-state index contributed by atoms with van der Waals surface area (Å²) in [4.78, 5) is 11.7. The van der Waals surface area contributed by atoms with Gasteiger partial charge in [-0.25, -0.2) is 0 Å². The maximum absolute atomic E-state index is 11.7. The third-order valence-corrected chi connectivity index (χ3v) is 3.62. The Kier molecular flexibility index (Phi) is 13.0. The summed E-state index contributed by atoms with van der Waals surface area (Å²) in [6.45, 7) is 4.07. The van der Waals surface area contributed by atoms with Gasteiger partial charge in [0, 0.05) is 6.42 Å². The van der Waals surface area contributed by atoms with E-state index in [1.54, 1.807) is 0 Å². The van der Waals surface area contributed by atoms with Crippen LogP contribution < -0.4 is 5.32 Å². The highest BCUT2D eigenvalue weighted by Crippen LogP contribution is 2.10. The van der Waals surface area contributed by atoms with E-state index in [2.05, 4.69) is 19.2 Å². The van der Waals surface area contributed by atoms with Crippen molar-refractivity contribution in [3.63, 3.8) is 0 Å². The lowest BCUT2D eigenvalue weighted by molar-refractivity contribution is -0.123. The van der Waals surface area contributed by atoms with Gasteiger partial charge in [-0.15, -0.1) is 0 Å². The molecule has 0 rings (SSSR count). The Morgan fingerprint density at radius 2 is 1.60 bits per heavy atom. The fourth-order valence-electron chi connectivity index (χ4n) is 2.24. The molecular formula is C16H33NO3. The average molecular weight is 287 g/mol. The number of unbranched alkanes of at least 4 members (excludes halogenated alkanes) is 6. The molecule has 2 unspecified atom stereocenters. The van der Waals surface area contributed by atoms with Crippen molar-refractivity contribution >= 4 is 5.91 Å². The van der Waals surface area contributed by atoms with Crippen molar-refractivity contribution in [3.8, 4) is 0 Å². The van der Waals surface area contributed by atoms with Gasteiger partial charge in [-0.2, -0.15) is 0 Å². The quantitative estimate of drug-likeness (QED) is 0.456. The Morgan fingerprint density at radius 1 is 1.00 bits per heavy atom. The molecule has 0 radical (unpaired) electrons. The van der Waals surface area contributed by atoms with Crippen molar-refractivity contribution < 1.29 is 15.0 Å². The first-order chi connectivity index (χ1) is 9.65. The highest BCUT2D eigenvalue weighted by molar-refractivity contribution is 5.76. The van der Waals surface area contributed by atoms with E-state index >= 15 is 0 Å². The first-order valence-electron chi connectivity index (χ1n) is 8.23. The van der Waals surface area contributed by atoms with Crippen LogP contribution in [0.3, 0.4) is 0 Å². The summed E-state index contributed by atoms with van der Waals surface area (Å²) >= 11 is 0. The van der Waals surface area contributed by atoms with Gasteiger partial charge in [0.2, 0.25) is 5.91 Å². The van der Waals surface area contributed by atoms with Crippen molar-refractivity contribution in [2.24, 2.45) is 0 Å². The molecule has 1 amide bonds. The van der Waals surface area contributed by atoms with Crippen LogP contribution in [0.25, 0.3) is 0 Å². The average Bonchev–Trinajstić information content (AvgIpc) is 2.44. The van der Waals surface area contributed by atoms with E-state index in [4.69, 9.17) is 0 Å². The lowest BCUT2D eigenvalue weighted by Crippen LogP contribution is -2.45. The maximum atomic E-state index is 11.7. The largest absolute Gasteiger partial charge is 0.394 e. The second-order valence-electron chi connectivity index (χ2n) is 5.58. The topological polar surface area (TPSA) is 69.6 Å². The van der Waals surface area contributed by atoms with Crippen LogP contribution in [0.1, 0.15) is 78.1 Å². The molecule has 20 heavy (non-hydrogen) atoms. The number of nitrogens with one attached hydrogen (secondary N) is 1. The number of rotatable bonds is 13. The van der Waals surface area contributed by atoms with Gasteiger partial charge in [-0.05, 0) is 12.8 Å². The van der Waals surface area contributed by atoms with E-state index in [0.717, 1.165) is 32.1 Å². The second-order valence-corrected chi connectivity index (χ2v) is 5.58. The molecule has 2 atom stereocenters. The Morgan fingerprint density at radius 3 is 2.20 bits per heavy atom. The van der Waals surface area contributed by atoms with Crippen molar-refractivity contribution in [2.75, 3.05) is 6.61 Å². The number of carbonyl (C=O) groups is 1. The van der Waals surface area contributed by atoms with Gasteiger partial charge in [0.15, 0.2) is 0 Å². The molecule has 3 N–H and O–H groups in total. The van der Waals surface area contributed by atoms with Crippen LogP contribution in [0, 0.1) is 0 Å². The summed E-state index contributed by atoms with van der Waals surface area (Å²) in [5, 5.41) is 22.0. The number of aliphatic hydroxyl groups excluding tert-OH is 2. The van der Waals surface area contributed by atoms with Crippen molar-refractivity contribution in [1.82, 2.24) is 5.32 Å². The second kappa shape index (κ2) is 13.4. The van der Waals surface area contributed by atoms with Gasteiger partial charge in [0.05, 0.1) is 18.8 Å². The minimum absolute atomic E-state index is 0.0671. The van der Waals surface area contributed by atoms with Crippen LogP contribution in [0.4, 0.5) is 0 Å². The monoisotopic (exact) mass is 287 g/mol. The number of hydrogen-bond acceptors (Lipinski definition) is 3. The molecule has 0 saturated heterocycles. The molecular weight excluding hydrogens is 254 g/mol. The summed E-state index contributed by atoms with van der Waals surface area (Å²) < 4.78 is 0. The molecule has 0 bridgehead atoms. The number of carbonyl (C=O) groups excluding carboxylic acids is 1. The molecule has 0 spiro atoms.